The van der Waals surface area contributed by atoms with Crippen LogP contribution < -0.4 is 0 Å². The van der Waals surface area contributed by atoms with Crippen LogP contribution in [0.4, 0.5) is 0 Å². The molecule has 4 aromatic carbocycles. The molecular formula is C22H12ClIO. The third-order valence-corrected chi connectivity index (χ3v) is 5.64. The topological polar surface area (TPSA) is 13.1 Å². The molecule has 0 saturated carbocycles. The molecule has 0 saturated heterocycles. The minimum absolute atomic E-state index is 0.719. The molecule has 0 amide bonds. The molecule has 5 rings (SSSR count). The van der Waals surface area contributed by atoms with Gasteiger partial charge in [0.2, 0.25) is 0 Å². The Bertz CT molecular complexity index is 1260. The number of fused-ring (bicyclic) bond motifs is 6. The van der Waals surface area contributed by atoms with Crippen molar-refractivity contribution in [3.05, 3.63) is 81.6 Å². The Hall–Kier alpha value is -2.04. The summed E-state index contributed by atoms with van der Waals surface area (Å²) < 4.78 is 7.16. The highest BCUT2D eigenvalue weighted by Crippen LogP contribution is 2.44. The van der Waals surface area contributed by atoms with Gasteiger partial charge >= 0.3 is 0 Å². The molecule has 0 N–H and O–H groups in total. The summed E-state index contributed by atoms with van der Waals surface area (Å²) in [5.74, 6) is 0. The fraction of sp³-hybridized carbons (Fsp3) is 0. The van der Waals surface area contributed by atoms with Crippen molar-refractivity contribution in [2.45, 2.75) is 0 Å². The van der Waals surface area contributed by atoms with Crippen molar-refractivity contribution in [1.29, 1.82) is 0 Å². The van der Waals surface area contributed by atoms with Gasteiger partial charge in [0.1, 0.15) is 5.58 Å². The lowest BCUT2D eigenvalue weighted by atomic mass is 9.95. The summed E-state index contributed by atoms with van der Waals surface area (Å²) in [6, 6.07) is 24.9. The van der Waals surface area contributed by atoms with Gasteiger partial charge in [-0.3, -0.25) is 0 Å². The van der Waals surface area contributed by atoms with E-state index in [1.807, 2.05) is 18.2 Å². The molecule has 0 aliphatic carbocycles. The van der Waals surface area contributed by atoms with Gasteiger partial charge in [0.25, 0.3) is 0 Å². The fourth-order valence-electron chi connectivity index (χ4n) is 3.59. The molecule has 1 heterocycles. The molecule has 1 nitrogen and oxygen atoms in total. The maximum absolute atomic E-state index is 6.29. The van der Waals surface area contributed by atoms with Crippen molar-refractivity contribution in [1.82, 2.24) is 0 Å². The van der Waals surface area contributed by atoms with Crippen LogP contribution in [0.3, 0.4) is 0 Å². The van der Waals surface area contributed by atoms with Crippen molar-refractivity contribution in [2.75, 3.05) is 0 Å². The fourth-order valence-corrected chi connectivity index (χ4v) is 4.56. The van der Waals surface area contributed by atoms with E-state index in [1.54, 1.807) is 0 Å². The van der Waals surface area contributed by atoms with Crippen LogP contribution in [0.2, 0.25) is 5.02 Å². The zero-order valence-electron chi connectivity index (χ0n) is 13.1. The van der Waals surface area contributed by atoms with Crippen LogP contribution in [0.15, 0.2) is 77.2 Å². The number of hydrogen-bond acceptors (Lipinski definition) is 1. The lowest BCUT2D eigenvalue weighted by Crippen LogP contribution is -1.83. The monoisotopic (exact) mass is 454 g/mol. The second kappa shape index (κ2) is 5.75. The summed E-state index contributed by atoms with van der Waals surface area (Å²) in [6.45, 7) is 0. The van der Waals surface area contributed by atoms with Gasteiger partial charge in [-0.05, 0) is 33.9 Å². The maximum Gasteiger partial charge on any atom is 0.172 e. The standard InChI is InChI=1S/C22H12ClIO/c23-14-10-11-16-15-8-4-5-9-17(15)20-19(13-6-2-1-3-7-13)22(24)25-21(20)18(16)12-14/h1-12H. The second-order valence-electron chi connectivity index (χ2n) is 6.06. The maximum atomic E-state index is 6.29. The van der Waals surface area contributed by atoms with Crippen molar-refractivity contribution < 1.29 is 4.42 Å². The zero-order chi connectivity index (χ0) is 17.0. The van der Waals surface area contributed by atoms with Gasteiger partial charge in [-0.2, -0.15) is 0 Å². The van der Waals surface area contributed by atoms with Crippen LogP contribution in [0.1, 0.15) is 0 Å². The summed E-state index contributed by atoms with van der Waals surface area (Å²) in [7, 11) is 0. The Morgan fingerprint density at radius 1 is 0.720 bits per heavy atom. The Balaban J connectivity index is 2.09. The number of hydrogen-bond donors (Lipinski definition) is 0. The first kappa shape index (κ1) is 15.2. The van der Waals surface area contributed by atoms with Gasteiger partial charge in [-0.25, -0.2) is 0 Å². The molecule has 0 aliphatic rings. The van der Waals surface area contributed by atoms with Crippen LogP contribution >= 0.6 is 34.2 Å². The first-order valence-electron chi connectivity index (χ1n) is 8.01. The normalized spacial score (nSPS) is 11.6. The summed E-state index contributed by atoms with van der Waals surface area (Å²) >= 11 is 8.58. The van der Waals surface area contributed by atoms with Crippen LogP contribution in [0.5, 0.6) is 0 Å². The van der Waals surface area contributed by atoms with Crippen LogP contribution in [-0.4, -0.2) is 0 Å². The SMILES string of the molecule is Clc1ccc2c3ccccc3c3c(-c4ccccc4)c(I)oc3c2c1. The molecule has 3 heteroatoms. The molecule has 0 atom stereocenters. The Labute approximate surface area is 163 Å². The molecule has 120 valence electrons. The van der Waals surface area contributed by atoms with E-state index >= 15 is 0 Å². The van der Waals surface area contributed by atoms with E-state index in [-0.39, 0.29) is 0 Å². The first-order valence-corrected chi connectivity index (χ1v) is 9.47. The van der Waals surface area contributed by atoms with Crippen molar-refractivity contribution >= 4 is 66.7 Å². The summed E-state index contributed by atoms with van der Waals surface area (Å²) in [5, 5.41) is 6.52. The Kier molecular flexibility index (Phi) is 3.50. The second-order valence-corrected chi connectivity index (χ2v) is 7.47. The van der Waals surface area contributed by atoms with E-state index < -0.39 is 0 Å². The minimum Gasteiger partial charge on any atom is -0.449 e. The molecular weight excluding hydrogens is 443 g/mol. The van der Waals surface area contributed by atoms with Crippen LogP contribution in [0, 0.1) is 3.77 Å². The highest BCUT2D eigenvalue weighted by Gasteiger charge is 2.20. The first-order chi connectivity index (χ1) is 12.2. The summed E-state index contributed by atoms with van der Waals surface area (Å²) in [4.78, 5) is 0. The minimum atomic E-state index is 0.719. The largest absolute Gasteiger partial charge is 0.449 e. The highest BCUT2D eigenvalue weighted by atomic mass is 127. The van der Waals surface area contributed by atoms with Crippen molar-refractivity contribution in [2.24, 2.45) is 0 Å². The average Bonchev–Trinajstić information content (AvgIpc) is 3.00. The van der Waals surface area contributed by atoms with Gasteiger partial charge in [0.15, 0.2) is 3.77 Å². The zero-order valence-corrected chi connectivity index (χ0v) is 16.0. The molecule has 0 fully saturated rings. The van der Waals surface area contributed by atoms with Crippen LogP contribution in [0.25, 0.3) is 43.6 Å². The van der Waals surface area contributed by atoms with Gasteiger partial charge in [0, 0.05) is 43.9 Å². The molecule has 0 radical (unpaired) electrons. The Morgan fingerprint density at radius 2 is 1.40 bits per heavy atom. The third kappa shape index (κ3) is 2.28. The smallest absolute Gasteiger partial charge is 0.172 e. The molecule has 0 unspecified atom stereocenters. The number of rotatable bonds is 1. The van der Waals surface area contributed by atoms with Crippen LogP contribution in [-0.2, 0) is 0 Å². The van der Waals surface area contributed by atoms with E-state index in [0.29, 0.717) is 0 Å². The lowest BCUT2D eigenvalue weighted by molar-refractivity contribution is 0.588. The molecule has 0 bridgehead atoms. The van der Waals surface area contributed by atoms with E-state index in [2.05, 4.69) is 77.2 Å². The van der Waals surface area contributed by atoms with E-state index in [9.17, 15) is 0 Å². The van der Waals surface area contributed by atoms with Gasteiger partial charge in [-0.15, -0.1) is 0 Å². The van der Waals surface area contributed by atoms with E-state index in [4.69, 9.17) is 16.0 Å². The lowest BCUT2D eigenvalue weighted by Gasteiger charge is -2.08. The molecule has 0 aliphatic heterocycles. The number of benzene rings is 4. The molecule has 1 aromatic heterocycles. The number of halogens is 2. The average molecular weight is 455 g/mol. The molecule has 25 heavy (non-hydrogen) atoms. The third-order valence-electron chi connectivity index (χ3n) is 4.64. The van der Waals surface area contributed by atoms with Crippen molar-refractivity contribution in [3.63, 3.8) is 0 Å². The van der Waals surface area contributed by atoms with E-state index in [0.717, 1.165) is 41.7 Å². The predicted octanol–water partition coefficient (Wildman–Crippen LogP) is 7.66. The summed E-state index contributed by atoms with van der Waals surface area (Å²) in [5.41, 5.74) is 3.21. The van der Waals surface area contributed by atoms with Gasteiger partial charge < -0.3 is 4.42 Å². The van der Waals surface area contributed by atoms with Crippen molar-refractivity contribution in [3.8, 4) is 11.1 Å². The van der Waals surface area contributed by atoms with Gasteiger partial charge in [-0.1, -0.05) is 72.3 Å². The highest BCUT2D eigenvalue weighted by molar-refractivity contribution is 14.1. The van der Waals surface area contributed by atoms with E-state index in [1.165, 1.54) is 10.8 Å². The quantitative estimate of drug-likeness (QED) is 0.187. The molecule has 5 aromatic rings. The molecule has 0 spiro atoms. The van der Waals surface area contributed by atoms with Gasteiger partial charge in [0.05, 0.1) is 0 Å². The summed E-state index contributed by atoms with van der Waals surface area (Å²) in [6.07, 6.45) is 0. The number of furan rings is 1. The Morgan fingerprint density at radius 3 is 2.20 bits per heavy atom. The predicted molar refractivity (Wildman–Crippen MR) is 114 cm³/mol.